The van der Waals surface area contributed by atoms with Gasteiger partial charge in [0.2, 0.25) is 11.8 Å². The van der Waals surface area contributed by atoms with Crippen LogP contribution in [0.15, 0.2) is 48.5 Å². The Hall–Kier alpha value is -3.72. The van der Waals surface area contributed by atoms with E-state index < -0.39 is 12.1 Å². The molecule has 1 saturated heterocycles. The molecule has 2 aromatic rings. The van der Waals surface area contributed by atoms with Gasteiger partial charge < -0.3 is 21.1 Å². The van der Waals surface area contributed by atoms with E-state index in [1.165, 1.54) is 11.1 Å². The highest BCUT2D eigenvalue weighted by Gasteiger charge is 2.31. The maximum atomic E-state index is 12.6. The topological polar surface area (TPSA) is 143 Å². The largest absolute Gasteiger partial charge is 0.465 e. The van der Waals surface area contributed by atoms with E-state index in [-0.39, 0.29) is 36.2 Å². The van der Waals surface area contributed by atoms with Crippen molar-refractivity contribution in [2.45, 2.75) is 44.8 Å². The molecule has 0 aromatic heterocycles. The zero-order chi connectivity index (χ0) is 24.0. The lowest BCUT2D eigenvalue weighted by molar-refractivity contribution is -0.129. The van der Waals surface area contributed by atoms with E-state index in [1.54, 1.807) is 31.2 Å². The van der Waals surface area contributed by atoms with Crippen molar-refractivity contribution in [1.29, 1.82) is 5.41 Å². The first-order chi connectivity index (χ1) is 15.7. The lowest BCUT2D eigenvalue weighted by Crippen LogP contribution is -2.49. The third-order valence-electron chi connectivity index (χ3n) is 5.65. The van der Waals surface area contributed by atoms with Crippen molar-refractivity contribution in [2.24, 2.45) is 0 Å². The van der Waals surface area contributed by atoms with Crippen LogP contribution in [-0.2, 0) is 16.1 Å². The van der Waals surface area contributed by atoms with E-state index in [9.17, 15) is 14.4 Å². The van der Waals surface area contributed by atoms with Crippen molar-refractivity contribution in [3.63, 3.8) is 0 Å². The van der Waals surface area contributed by atoms with Gasteiger partial charge in [-0.15, -0.1) is 0 Å². The number of hydrogen-bond donors (Lipinski definition) is 6. The summed E-state index contributed by atoms with van der Waals surface area (Å²) in [7, 11) is 0. The van der Waals surface area contributed by atoms with Crippen LogP contribution in [0.4, 0.5) is 4.79 Å². The summed E-state index contributed by atoms with van der Waals surface area (Å²) < 4.78 is 0. The Morgan fingerprint density at radius 1 is 1.18 bits per heavy atom. The minimum Gasteiger partial charge on any atom is -0.465 e. The first kappa shape index (κ1) is 23.9. The summed E-state index contributed by atoms with van der Waals surface area (Å²) in [5.74, 6) is -0.456. The maximum absolute atomic E-state index is 12.6. The predicted molar refractivity (Wildman–Crippen MR) is 124 cm³/mol. The van der Waals surface area contributed by atoms with Crippen LogP contribution in [0.25, 0.3) is 0 Å². The normalized spacial score (nSPS) is 18.2. The first-order valence-corrected chi connectivity index (χ1v) is 10.8. The van der Waals surface area contributed by atoms with Crippen LogP contribution in [0.2, 0.25) is 0 Å². The number of carboxylic acid groups (broad SMARTS) is 1. The van der Waals surface area contributed by atoms with Gasteiger partial charge in [-0.05, 0) is 37.3 Å². The molecule has 0 aliphatic carbocycles. The number of benzene rings is 2. The number of rotatable bonds is 7. The Bertz CT molecular complexity index is 1040. The number of amidine groups is 1. The van der Waals surface area contributed by atoms with Gasteiger partial charge in [-0.25, -0.2) is 4.79 Å². The van der Waals surface area contributed by atoms with Crippen molar-refractivity contribution in [1.82, 2.24) is 21.3 Å². The monoisotopic (exact) mass is 451 g/mol. The van der Waals surface area contributed by atoms with Crippen LogP contribution < -0.4 is 21.3 Å². The molecule has 1 aliphatic heterocycles. The number of nitrogens with one attached hydrogen (secondary N) is 5. The summed E-state index contributed by atoms with van der Waals surface area (Å²) >= 11 is 0. The lowest BCUT2D eigenvalue weighted by Gasteiger charge is -2.17. The molecule has 1 aliphatic rings. The quantitative estimate of drug-likeness (QED) is 0.281. The Kier molecular flexibility index (Phi) is 7.78. The van der Waals surface area contributed by atoms with E-state index in [2.05, 4.69) is 28.1 Å². The fourth-order valence-electron chi connectivity index (χ4n) is 3.80. The molecule has 3 atom stereocenters. The molecule has 0 radical (unpaired) electrons. The van der Waals surface area contributed by atoms with Gasteiger partial charge in [-0.1, -0.05) is 54.1 Å². The molecule has 6 N–H and O–H groups in total. The molecule has 3 rings (SSSR count). The molecule has 1 fully saturated rings. The Morgan fingerprint density at radius 2 is 1.91 bits per heavy atom. The smallest absolute Gasteiger partial charge is 0.410 e. The Labute approximate surface area is 192 Å². The number of hydrogen-bond acceptors (Lipinski definition) is 5. The number of carbonyl (C=O) groups excluding carboxylic acids is 2. The van der Waals surface area contributed by atoms with Crippen LogP contribution in [-0.4, -0.2) is 47.5 Å². The number of aryl methyl sites for hydroxylation is 1. The molecule has 3 amide bonds. The van der Waals surface area contributed by atoms with Crippen molar-refractivity contribution in [3.05, 3.63) is 70.8 Å². The van der Waals surface area contributed by atoms with Crippen molar-refractivity contribution in [2.75, 3.05) is 6.54 Å². The molecular weight excluding hydrogens is 422 g/mol. The van der Waals surface area contributed by atoms with E-state index in [4.69, 9.17) is 10.5 Å². The highest BCUT2D eigenvalue weighted by atomic mass is 16.4. The van der Waals surface area contributed by atoms with Gasteiger partial charge in [-0.3, -0.25) is 20.3 Å². The summed E-state index contributed by atoms with van der Waals surface area (Å²) in [5.41, 5.74) is 3.60. The summed E-state index contributed by atoms with van der Waals surface area (Å²) in [5, 5.41) is 27.1. The Morgan fingerprint density at radius 3 is 2.58 bits per heavy atom. The van der Waals surface area contributed by atoms with Gasteiger partial charge >= 0.3 is 6.09 Å². The average molecular weight is 452 g/mol. The van der Waals surface area contributed by atoms with E-state index in [1.807, 2.05) is 24.4 Å². The van der Waals surface area contributed by atoms with Crippen LogP contribution >= 0.6 is 0 Å². The van der Waals surface area contributed by atoms with Crippen molar-refractivity contribution >= 4 is 23.7 Å². The first-order valence-electron chi connectivity index (χ1n) is 10.8. The van der Waals surface area contributed by atoms with Crippen LogP contribution in [0.3, 0.4) is 0 Å². The zero-order valence-electron chi connectivity index (χ0n) is 18.6. The lowest BCUT2D eigenvalue weighted by atomic mass is 9.95. The molecule has 9 nitrogen and oxygen atoms in total. The van der Waals surface area contributed by atoms with Crippen LogP contribution in [0.1, 0.15) is 41.5 Å². The fourth-order valence-corrected chi connectivity index (χ4v) is 3.80. The zero-order valence-corrected chi connectivity index (χ0v) is 18.6. The minimum atomic E-state index is -1.30. The SMILES string of the molecule is Cc1cccc([C@@H]2CN[C@@H](C(=O)NC(C)C(=O)NCc3ccc(C(=N)NC(=O)O)cc3)C2)c1. The number of carbonyl (C=O) groups is 3. The summed E-state index contributed by atoms with van der Waals surface area (Å²) in [6.07, 6.45) is -0.618. The highest BCUT2D eigenvalue weighted by molar-refractivity contribution is 6.04. The van der Waals surface area contributed by atoms with Gasteiger partial charge in [0.05, 0.1) is 6.04 Å². The molecule has 0 saturated carbocycles. The molecule has 33 heavy (non-hydrogen) atoms. The summed E-state index contributed by atoms with van der Waals surface area (Å²) in [6.45, 7) is 4.66. The second kappa shape index (κ2) is 10.7. The molecular formula is C24H29N5O4. The molecule has 1 heterocycles. The van der Waals surface area contributed by atoms with Gasteiger partial charge in [0.15, 0.2) is 0 Å². The van der Waals surface area contributed by atoms with E-state index in [0.29, 0.717) is 12.0 Å². The van der Waals surface area contributed by atoms with Gasteiger partial charge in [0, 0.05) is 18.7 Å². The molecule has 0 spiro atoms. The van der Waals surface area contributed by atoms with Crippen molar-refractivity contribution < 1.29 is 19.5 Å². The molecule has 1 unspecified atom stereocenters. The average Bonchev–Trinajstić information content (AvgIpc) is 3.28. The maximum Gasteiger partial charge on any atom is 0.410 e. The predicted octanol–water partition coefficient (Wildman–Crippen LogP) is 1.85. The van der Waals surface area contributed by atoms with Gasteiger partial charge in [-0.2, -0.15) is 0 Å². The summed E-state index contributed by atoms with van der Waals surface area (Å²) in [4.78, 5) is 35.7. The van der Waals surface area contributed by atoms with Crippen LogP contribution in [0, 0.1) is 12.3 Å². The fraction of sp³-hybridized carbons (Fsp3) is 0.333. The van der Waals surface area contributed by atoms with Crippen molar-refractivity contribution in [3.8, 4) is 0 Å². The van der Waals surface area contributed by atoms with Gasteiger partial charge in [0.25, 0.3) is 0 Å². The van der Waals surface area contributed by atoms with Crippen LogP contribution in [0.5, 0.6) is 0 Å². The second-order valence-corrected chi connectivity index (χ2v) is 8.26. The number of amides is 3. The Balaban J connectivity index is 1.45. The second-order valence-electron chi connectivity index (χ2n) is 8.26. The molecule has 2 aromatic carbocycles. The summed E-state index contributed by atoms with van der Waals surface area (Å²) in [6, 6.07) is 13.9. The minimum absolute atomic E-state index is 0.193. The molecule has 174 valence electrons. The highest BCUT2D eigenvalue weighted by Crippen LogP contribution is 2.26. The standard InChI is InChI=1S/C24H29N5O4/c1-14-4-3-5-18(10-14)19-11-20(26-13-19)23(31)28-15(2)22(30)27-12-16-6-8-17(9-7-16)21(25)29-24(32)33/h3-10,15,19-20,26H,11-13H2,1-2H3,(H2,25,29)(H,27,30)(H,28,31)(H,32,33)/t15?,19-,20+/m0/s1. The molecule has 9 heteroatoms. The van der Waals surface area contributed by atoms with E-state index >= 15 is 0 Å². The van der Waals surface area contributed by atoms with E-state index in [0.717, 1.165) is 12.1 Å². The third kappa shape index (κ3) is 6.63. The third-order valence-corrected chi connectivity index (χ3v) is 5.65. The molecule has 0 bridgehead atoms. The van der Waals surface area contributed by atoms with Gasteiger partial charge in [0.1, 0.15) is 11.9 Å².